The van der Waals surface area contributed by atoms with Crippen LogP contribution in [0.1, 0.15) is 24.7 Å². The van der Waals surface area contributed by atoms with Crippen molar-refractivity contribution >= 4 is 23.2 Å². The molecule has 17 heavy (non-hydrogen) atoms. The van der Waals surface area contributed by atoms with Crippen LogP contribution in [0.4, 0.5) is 5.95 Å². The molecule has 0 fully saturated rings. The molecule has 0 saturated carbocycles. The topological polar surface area (TPSA) is 75.3 Å². The predicted molar refractivity (Wildman–Crippen MR) is 72.2 cm³/mol. The van der Waals surface area contributed by atoms with E-state index in [1.165, 1.54) is 0 Å². The van der Waals surface area contributed by atoms with Crippen LogP contribution < -0.4 is 10.6 Å². The standard InChI is InChI=1S/C11H18N4OS/c1-3-15(5-4-6-16)11-13-8(2)7-9(14-11)10(12)17/h7,16H,3-6H2,1-2H3,(H2,12,17). The lowest BCUT2D eigenvalue weighted by molar-refractivity contribution is 0.289. The Bertz CT molecular complexity index is 397. The quantitative estimate of drug-likeness (QED) is 0.725. The number of aliphatic hydroxyl groups is 1. The van der Waals surface area contributed by atoms with Crippen LogP contribution in [0.3, 0.4) is 0 Å². The maximum absolute atomic E-state index is 8.85. The second kappa shape index (κ2) is 6.46. The smallest absolute Gasteiger partial charge is 0.226 e. The summed E-state index contributed by atoms with van der Waals surface area (Å²) < 4.78 is 0. The molecule has 0 aliphatic rings. The van der Waals surface area contributed by atoms with E-state index < -0.39 is 0 Å². The molecule has 5 nitrogen and oxygen atoms in total. The third-order valence-electron chi connectivity index (χ3n) is 2.35. The highest BCUT2D eigenvalue weighted by Gasteiger charge is 2.10. The van der Waals surface area contributed by atoms with Crippen molar-refractivity contribution in [2.45, 2.75) is 20.3 Å². The van der Waals surface area contributed by atoms with E-state index in [9.17, 15) is 0 Å². The van der Waals surface area contributed by atoms with Gasteiger partial charge in [-0.1, -0.05) is 12.2 Å². The Kier molecular flexibility index (Phi) is 5.24. The minimum absolute atomic E-state index is 0.157. The minimum atomic E-state index is 0.157. The van der Waals surface area contributed by atoms with Gasteiger partial charge in [-0.2, -0.15) is 0 Å². The van der Waals surface area contributed by atoms with Crippen molar-refractivity contribution < 1.29 is 5.11 Å². The first kappa shape index (κ1) is 13.8. The molecule has 0 aliphatic carbocycles. The van der Waals surface area contributed by atoms with E-state index in [-0.39, 0.29) is 11.6 Å². The molecule has 0 unspecified atom stereocenters. The van der Waals surface area contributed by atoms with Gasteiger partial charge < -0.3 is 15.7 Å². The first-order chi connectivity index (χ1) is 8.08. The average molecular weight is 254 g/mol. The lowest BCUT2D eigenvalue weighted by atomic mass is 10.3. The van der Waals surface area contributed by atoms with E-state index in [0.717, 1.165) is 12.2 Å². The molecule has 0 spiro atoms. The first-order valence-electron chi connectivity index (χ1n) is 5.59. The SMILES string of the molecule is CCN(CCCO)c1nc(C)cc(C(N)=S)n1. The largest absolute Gasteiger partial charge is 0.396 e. The summed E-state index contributed by atoms with van der Waals surface area (Å²) in [5.41, 5.74) is 7.00. The second-order valence-corrected chi connectivity index (χ2v) is 4.16. The fourth-order valence-corrected chi connectivity index (χ4v) is 1.59. The van der Waals surface area contributed by atoms with E-state index in [1.54, 1.807) is 6.07 Å². The maximum Gasteiger partial charge on any atom is 0.226 e. The van der Waals surface area contributed by atoms with E-state index in [4.69, 9.17) is 23.1 Å². The number of aliphatic hydroxyl groups excluding tert-OH is 1. The van der Waals surface area contributed by atoms with Gasteiger partial charge in [0.2, 0.25) is 5.95 Å². The van der Waals surface area contributed by atoms with Crippen molar-refractivity contribution in [1.29, 1.82) is 0 Å². The molecule has 0 amide bonds. The summed E-state index contributed by atoms with van der Waals surface area (Å²) >= 11 is 4.92. The third-order valence-corrected chi connectivity index (χ3v) is 2.55. The molecular formula is C11H18N4OS. The summed E-state index contributed by atoms with van der Waals surface area (Å²) in [6.07, 6.45) is 0.688. The van der Waals surface area contributed by atoms with Gasteiger partial charge in [0, 0.05) is 25.4 Å². The van der Waals surface area contributed by atoms with Crippen molar-refractivity contribution in [3.05, 3.63) is 17.5 Å². The fraction of sp³-hybridized carbons (Fsp3) is 0.545. The zero-order chi connectivity index (χ0) is 12.8. The summed E-state index contributed by atoms with van der Waals surface area (Å²) in [4.78, 5) is 10.9. The van der Waals surface area contributed by atoms with Crippen LogP contribution in [0.2, 0.25) is 0 Å². The molecule has 1 aromatic heterocycles. The Balaban J connectivity index is 2.98. The molecule has 6 heteroatoms. The van der Waals surface area contributed by atoms with Gasteiger partial charge in [-0.25, -0.2) is 9.97 Å². The van der Waals surface area contributed by atoms with Gasteiger partial charge in [0.25, 0.3) is 0 Å². The third kappa shape index (κ3) is 3.90. The number of thiocarbonyl (C=S) groups is 1. The van der Waals surface area contributed by atoms with Crippen LogP contribution >= 0.6 is 12.2 Å². The van der Waals surface area contributed by atoms with Gasteiger partial charge in [-0.3, -0.25) is 0 Å². The van der Waals surface area contributed by atoms with Crippen LogP contribution in [-0.4, -0.2) is 39.8 Å². The van der Waals surface area contributed by atoms with Gasteiger partial charge in [0.15, 0.2) is 0 Å². The number of rotatable bonds is 6. The molecule has 0 radical (unpaired) electrons. The second-order valence-electron chi connectivity index (χ2n) is 3.72. The Morgan fingerprint density at radius 3 is 2.76 bits per heavy atom. The molecular weight excluding hydrogens is 236 g/mol. The van der Waals surface area contributed by atoms with E-state index in [0.29, 0.717) is 24.6 Å². The summed E-state index contributed by atoms with van der Waals surface area (Å²) in [5, 5.41) is 8.85. The zero-order valence-corrected chi connectivity index (χ0v) is 11.0. The Morgan fingerprint density at radius 1 is 1.53 bits per heavy atom. The highest BCUT2D eigenvalue weighted by molar-refractivity contribution is 7.80. The number of hydrogen-bond acceptors (Lipinski definition) is 5. The minimum Gasteiger partial charge on any atom is -0.396 e. The van der Waals surface area contributed by atoms with Gasteiger partial charge in [0.1, 0.15) is 10.7 Å². The lowest BCUT2D eigenvalue weighted by Gasteiger charge is -2.21. The summed E-state index contributed by atoms with van der Waals surface area (Å²) in [5.74, 6) is 0.615. The highest BCUT2D eigenvalue weighted by atomic mass is 32.1. The van der Waals surface area contributed by atoms with Crippen molar-refractivity contribution in [2.75, 3.05) is 24.6 Å². The number of anilines is 1. The van der Waals surface area contributed by atoms with Crippen molar-refractivity contribution in [1.82, 2.24) is 9.97 Å². The zero-order valence-electron chi connectivity index (χ0n) is 10.2. The normalized spacial score (nSPS) is 10.3. The van der Waals surface area contributed by atoms with Crippen molar-refractivity contribution in [2.24, 2.45) is 5.73 Å². The van der Waals surface area contributed by atoms with Crippen LogP contribution in [0.25, 0.3) is 0 Å². The molecule has 94 valence electrons. The molecule has 0 aromatic carbocycles. The molecule has 1 rings (SSSR count). The molecule has 0 bridgehead atoms. The lowest BCUT2D eigenvalue weighted by Crippen LogP contribution is -2.28. The predicted octanol–water partition coefficient (Wildman–Crippen LogP) is 0.628. The Hall–Kier alpha value is -1.27. The van der Waals surface area contributed by atoms with E-state index in [1.807, 2.05) is 18.7 Å². The molecule has 1 heterocycles. The van der Waals surface area contributed by atoms with E-state index in [2.05, 4.69) is 9.97 Å². The fourth-order valence-electron chi connectivity index (χ4n) is 1.48. The Labute approximate surface area is 107 Å². The van der Waals surface area contributed by atoms with Crippen molar-refractivity contribution in [3.63, 3.8) is 0 Å². The molecule has 0 aliphatic heterocycles. The number of nitrogens with two attached hydrogens (primary N) is 1. The molecule has 0 saturated heterocycles. The number of aryl methyl sites for hydroxylation is 1. The summed E-state index contributed by atoms with van der Waals surface area (Å²) in [7, 11) is 0. The van der Waals surface area contributed by atoms with Gasteiger partial charge in [-0.05, 0) is 26.3 Å². The molecule has 3 N–H and O–H groups in total. The average Bonchev–Trinajstić information content (AvgIpc) is 2.29. The van der Waals surface area contributed by atoms with Crippen LogP contribution in [0.15, 0.2) is 6.07 Å². The van der Waals surface area contributed by atoms with Gasteiger partial charge in [-0.15, -0.1) is 0 Å². The Morgan fingerprint density at radius 2 is 2.24 bits per heavy atom. The highest BCUT2D eigenvalue weighted by Crippen LogP contribution is 2.10. The van der Waals surface area contributed by atoms with Gasteiger partial charge in [0.05, 0.1) is 0 Å². The molecule has 0 atom stereocenters. The van der Waals surface area contributed by atoms with Crippen LogP contribution in [0.5, 0.6) is 0 Å². The van der Waals surface area contributed by atoms with Crippen LogP contribution in [-0.2, 0) is 0 Å². The number of hydrogen-bond donors (Lipinski definition) is 2. The summed E-state index contributed by atoms with van der Waals surface area (Å²) in [6.45, 7) is 5.55. The maximum atomic E-state index is 8.85. The van der Waals surface area contributed by atoms with E-state index >= 15 is 0 Å². The first-order valence-corrected chi connectivity index (χ1v) is 6.00. The van der Waals surface area contributed by atoms with Crippen molar-refractivity contribution in [3.8, 4) is 0 Å². The molecule has 1 aromatic rings. The number of nitrogens with zero attached hydrogens (tertiary/aromatic N) is 3. The summed E-state index contributed by atoms with van der Waals surface area (Å²) in [6, 6.07) is 1.77. The monoisotopic (exact) mass is 254 g/mol. The van der Waals surface area contributed by atoms with Crippen LogP contribution in [0, 0.1) is 6.92 Å². The van der Waals surface area contributed by atoms with Gasteiger partial charge >= 0.3 is 0 Å². The number of aromatic nitrogens is 2.